The lowest BCUT2D eigenvalue weighted by Crippen LogP contribution is -2.41. The number of nitrogens with zero attached hydrogens (tertiary/aromatic N) is 1. The maximum Gasteiger partial charge on any atom is 0.264 e. The molecule has 9 heteroatoms. The van der Waals surface area contributed by atoms with Crippen molar-refractivity contribution in [2.45, 2.75) is 24.8 Å². The summed E-state index contributed by atoms with van der Waals surface area (Å²) in [5.41, 5.74) is 1.94. The Labute approximate surface area is 205 Å². The minimum atomic E-state index is -4.06. The molecule has 0 bridgehead atoms. The van der Waals surface area contributed by atoms with Gasteiger partial charge in [-0.05, 0) is 61.4 Å². The second kappa shape index (κ2) is 10.3. The number of amides is 1. The van der Waals surface area contributed by atoms with Crippen molar-refractivity contribution in [2.75, 3.05) is 31.2 Å². The summed E-state index contributed by atoms with van der Waals surface area (Å²) >= 11 is 0. The van der Waals surface area contributed by atoms with Crippen LogP contribution in [0, 0.1) is 6.92 Å². The first-order chi connectivity index (χ1) is 16.8. The summed E-state index contributed by atoms with van der Waals surface area (Å²) in [4.78, 5) is 13.2. The second-order valence-corrected chi connectivity index (χ2v) is 10.1. The molecule has 0 aliphatic carbocycles. The Bertz CT molecular complexity index is 1310. The Morgan fingerprint density at radius 2 is 1.74 bits per heavy atom. The zero-order valence-corrected chi connectivity index (χ0v) is 20.7. The maximum atomic E-state index is 13.6. The van der Waals surface area contributed by atoms with Crippen molar-refractivity contribution < 1.29 is 27.4 Å². The molecule has 1 unspecified atom stereocenters. The highest BCUT2D eigenvalue weighted by atomic mass is 32.2. The third kappa shape index (κ3) is 5.35. The number of hydrogen-bond donors (Lipinski definition) is 1. The molecule has 0 spiro atoms. The molecule has 1 N–H and O–H groups in total. The number of methoxy groups -OCH3 is 1. The molecule has 0 aromatic heterocycles. The van der Waals surface area contributed by atoms with Gasteiger partial charge in [0.15, 0.2) is 11.5 Å². The number of benzene rings is 3. The molecule has 4 rings (SSSR count). The van der Waals surface area contributed by atoms with Crippen LogP contribution in [0.25, 0.3) is 0 Å². The van der Waals surface area contributed by atoms with Crippen LogP contribution in [0.2, 0.25) is 0 Å². The van der Waals surface area contributed by atoms with Crippen molar-refractivity contribution in [1.82, 2.24) is 5.32 Å². The Kier molecular flexibility index (Phi) is 7.16. The van der Waals surface area contributed by atoms with Crippen LogP contribution in [-0.2, 0) is 14.8 Å². The Hall–Kier alpha value is -3.72. The first-order valence-electron chi connectivity index (χ1n) is 11.2. The van der Waals surface area contributed by atoms with Crippen molar-refractivity contribution in [2.24, 2.45) is 0 Å². The Morgan fingerprint density at radius 1 is 1.03 bits per heavy atom. The number of ether oxygens (including phenoxy) is 3. The van der Waals surface area contributed by atoms with Crippen LogP contribution >= 0.6 is 0 Å². The lowest BCUT2D eigenvalue weighted by Gasteiger charge is -2.27. The van der Waals surface area contributed by atoms with Crippen molar-refractivity contribution in [1.29, 1.82) is 0 Å². The molecule has 0 radical (unpaired) electrons. The van der Waals surface area contributed by atoms with Gasteiger partial charge in [0.05, 0.1) is 23.7 Å². The van der Waals surface area contributed by atoms with Gasteiger partial charge in [-0.1, -0.05) is 30.3 Å². The summed E-state index contributed by atoms with van der Waals surface area (Å²) in [5, 5.41) is 2.90. The van der Waals surface area contributed by atoms with Crippen LogP contribution in [0.4, 0.5) is 5.69 Å². The van der Waals surface area contributed by atoms with Crippen molar-refractivity contribution in [3.8, 4) is 17.2 Å². The van der Waals surface area contributed by atoms with Gasteiger partial charge in [-0.3, -0.25) is 9.10 Å². The van der Waals surface area contributed by atoms with Gasteiger partial charge in [-0.15, -0.1) is 0 Å². The molecule has 1 atom stereocenters. The fourth-order valence-corrected chi connectivity index (χ4v) is 5.29. The number of rotatable bonds is 8. The Morgan fingerprint density at radius 3 is 2.46 bits per heavy atom. The van der Waals surface area contributed by atoms with E-state index in [1.54, 1.807) is 36.4 Å². The molecule has 3 aromatic carbocycles. The second-order valence-electron chi connectivity index (χ2n) is 8.19. The van der Waals surface area contributed by atoms with Crippen LogP contribution in [0.1, 0.15) is 24.1 Å². The first kappa shape index (κ1) is 24.4. The topological polar surface area (TPSA) is 94.2 Å². The lowest BCUT2D eigenvalue weighted by atomic mass is 10.1. The molecule has 8 nitrogen and oxygen atoms in total. The molecule has 1 aliphatic rings. The molecule has 1 amide bonds. The molecule has 3 aromatic rings. The average Bonchev–Trinajstić information content (AvgIpc) is 2.87. The molecule has 0 fully saturated rings. The number of aryl methyl sites for hydroxylation is 1. The summed E-state index contributed by atoms with van der Waals surface area (Å²) in [5.74, 6) is 1.16. The van der Waals surface area contributed by atoms with Crippen LogP contribution < -0.4 is 23.8 Å². The van der Waals surface area contributed by atoms with E-state index in [1.165, 1.54) is 19.2 Å². The molecular weight excluding hydrogens is 468 g/mol. The minimum Gasteiger partial charge on any atom is -0.495 e. The third-order valence-electron chi connectivity index (χ3n) is 5.67. The van der Waals surface area contributed by atoms with Crippen molar-refractivity contribution in [3.05, 3.63) is 77.9 Å². The molecule has 1 aliphatic heterocycles. The zero-order chi connectivity index (χ0) is 25.0. The molecule has 184 valence electrons. The number of hydrogen-bond acceptors (Lipinski definition) is 6. The number of anilines is 1. The van der Waals surface area contributed by atoms with Crippen LogP contribution in [0.15, 0.2) is 71.6 Å². The van der Waals surface area contributed by atoms with Crippen molar-refractivity contribution in [3.63, 3.8) is 0 Å². The van der Waals surface area contributed by atoms with Gasteiger partial charge in [0.2, 0.25) is 5.91 Å². The monoisotopic (exact) mass is 496 g/mol. The van der Waals surface area contributed by atoms with Gasteiger partial charge in [-0.2, -0.15) is 0 Å². The molecular formula is C26H28N2O6S. The average molecular weight is 497 g/mol. The zero-order valence-electron chi connectivity index (χ0n) is 19.9. The lowest BCUT2D eigenvalue weighted by molar-refractivity contribution is -0.120. The number of fused-ring (bicyclic) bond motifs is 1. The molecule has 1 heterocycles. The number of carbonyl (C=O) groups excluding carboxylic acids is 1. The summed E-state index contributed by atoms with van der Waals surface area (Å²) in [6.45, 7) is 4.20. The summed E-state index contributed by atoms with van der Waals surface area (Å²) < 4.78 is 45.0. The highest BCUT2D eigenvalue weighted by Gasteiger charge is 2.30. The maximum absolute atomic E-state index is 13.6. The van der Waals surface area contributed by atoms with Crippen LogP contribution in [0.5, 0.6) is 17.2 Å². The van der Waals surface area contributed by atoms with E-state index in [2.05, 4.69) is 5.32 Å². The van der Waals surface area contributed by atoms with E-state index in [0.29, 0.717) is 36.1 Å². The van der Waals surface area contributed by atoms with Gasteiger partial charge < -0.3 is 19.5 Å². The Balaban J connectivity index is 1.62. The summed E-state index contributed by atoms with van der Waals surface area (Å²) in [6.07, 6.45) is 0. The molecule has 0 saturated heterocycles. The number of sulfonamides is 1. The summed E-state index contributed by atoms with van der Waals surface area (Å²) in [7, 11) is -2.59. The van der Waals surface area contributed by atoms with E-state index < -0.39 is 22.5 Å². The van der Waals surface area contributed by atoms with Gasteiger partial charge >= 0.3 is 0 Å². The van der Waals surface area contributed by atoms with Crippen LogP contribution in [-0.4, -0.2) is 41.2 Å². The number of nitrogens with one attached hydrogen (secondary N) is 1. The predicted molar refractivity (Wildman–Crippen MR) is 133 cm³/mol. The van der Waals surface area contributed by atoms with E-state index in [0.717, 1.165) is 15.4 Å². The largest absolute Gasteiger partial charge is 0.495 e. The van der Waals surface area contributed by atoms with Gasteiger partial charge in [0, 0.05) is 0 Å². The van der Waals surface area contributed by atoms with Gasteiger partial charge in [0.1, 0.15) is 25.5 Å². The van der Waals surface area contributed by atoms with Gasteiger partial charge in [0.25, 0.3) is 10.0 Å². The highest BCUT2D eigenvalue weighted by Crippen LogP contribution is 2.34. The van der Waals surface area contributed by atoms with E-state index in [-0.39, 0.29) is 10.9 Å². The fourth-order valence-electron chi connectivity index (χ4n) is 3.84. The standard InChI is InChI=1S/C26H28N2O6S/c1-18-9-11-23(32-3)22(15-18)28(35(30,31)21-7-5-4-6-8-21)17-26(29)27-19(2)20-10-12-24-25(16-20)34-14-13-33-24/h4-12,15-16,19H,13-14,17H2,1-3H3,(H,27,29). The highest BCUT2D eigenvalue weighted by molar-refractivity contribution is 7.92. The van der Waals surface area contributed by atoms with E-state index in [1.807, 2.05) is 32.0 Å². The fraction of sp³-hybridized carbons (Fsp3) is 0.269. The molecule has 35 heavy (non-hydrogen) atoms. The van der Waals surface area contributed by atoms with E-state index in [4.69, 9.17) is 14.2 Å². The quantitative estimate of drug-likeness (QED) is 0.509. The van der Waals surface area contributed by atoms with Gasteiger partial charge in [-0.25, -0.2) is 8.42 Å². The summed E-state index contributed by atoms with van der Waals surface area (Å²) in [6, 6.07) is 18.3. The van der Waals surface area contributed by atoms with Crippen molar-refractivity contribution >= 4 is 21.6 Å². The van der Waals surface area contributed by atoms with E-state index in [9.17, 15) is 13.2 Å². The SMILES string of the molecule is COc1ccc(C)cc1N(CC(=O)NC(C)c1ccc2c(c1)OCCO2)S(=O)(=O)c1ccccc1. The smallest absolute Gasteiger partial charge is 0.264 e. The first-order valence-corrected chi connectivity index (χ1v) is 12.6. The third-order valence-corrected chi connectivity index (χ3v) is 7.44. The minimum absolute atomic E-state index is 0.0799. The number of carbonyl (C=O) groups is 1. The van der Waals surface area contributed by atoms with Crippen LogP contribution in [0.3, 0.4) is 0 Å². The predicted octanol–water partition coefficient (Wildman–Crippen LogP) is 3.85. The molecule has 0 saturated carbocycles. The normalized spacial score (nSPS) is 13.6. The van der Waals surface area contributed by atoms with E-state index >= 15 is 0 Å².